The number of aliphatic hydroxyl groups excluding tert-OH is 1. The van der Waals surface area contributed by atoms with Crippen LogP contribution < -0.4 is 5.32 Å². The zero-order chi connectivity index (χ0) is 18.1. The van der Waals surface area contributed by atoms with Crippen LogP contribution in [0.4, 0.5) is 0 Å². The molecule has 0 radical (unpaired) electrons. The quantitative estimate of drug-likeness (QED) is 0.701. The number of aromatic nitrogens is 4. The molecule has 1 aromatic carbocycles. The number of para-hydroxylation sites is 1. The Morgan fingerprint density at radius 1 is 1.31 bits per heavy atom. The highest BCUT2D eigenvalue weighted by atomic mass is 16.3. The summed E-state index contributed by atoms with van der Waals surface area (Å²) in [5.41, 5.74) is 2.54. The topological polar surface area (TPSA) is 92.9 Å². The molecule has 0 saturated heterocycles. The van der Waals surface area contributed by atoms with Crippen molar-refractivity contribution in [1.82, 2.24) is 25.3 Å². The Labute approximate surface area is 150 Å². The first-order chi connectivity index (χ1) is 12.7. The summed E-state index contributed by atoms with van der Waals surface area (Å²) in [5, 5.41) is 21.4. The highest BCUT2D eigenvalue weighted by molar-refractivity contribution is 5.94. The van der Waals surface area contributed by atoms with Crippen molar-refractivity contribution in [1.29, 1.82) is 0 Å². The molecule has 2 N–H and O–H groups in total. The molecule has 0 aliphatic heterocycles. The summed E-state index contributed by atoms with van der Waals surface area (Å²) in [6, 6.07) is 9.59. The van der Waals surface area contributed by atoms with Crippen molar-refractivity contribution in [2.24, 2.45) is 5.92 Å². The lowest BCUT2D eigenvalue weighted by molar-refractivity contribution is 0.0935. The number of amides is 1. The third-order valence-electron chi connectivity index (χ3n) is 4.67. The maximum Gasteiger partial charge on any atom is 0.274 e. The molecule has 0 spiro atoms. The molecule has 4 rings (SSSR count). The largest absolute Gasteiger partial charge is 0.396 e. The third-order valence-corrected chi connectivity index (χ3v) is 4.67. The number of carbonyl (C=O) groups excluding carboxylic acids is 1. The van der Waals surface area contributed by atoms with Gasteiger partial charge in [-0.1, -0.05) is 35.6 Å². The van der Waals surface area contributed by atoms with Crippen molar-refractivity contribution in [3.63, 3.8) is 0 Å². The second-order valence-corrected chi connectivity index (χ2v) is 6.43. The van der Waals surface area contributed by atoms with E-state index in [1.165, 1.54) is 0 Å². The van der Waals surface area contributed by atoms with Gasteiger partial charge in [0.2, 0.25) is 0 Å². The van der Waals surface area contributed by atoms with Gasteiger partial charge in [-0.05, 0) is 25.5 Å². The first-order valence-corrected chi connectivity index (χ1v) is 8.54. The number of benzene rings is 1. The first kappa shape index (κ1) is 16.4. The van der Waals surface area contributed by atoms with Gasteiger partial charge in [-0.25, -0.2) is 4.68 Å². The van der Waals surface area contributed by atoms with Crippen LogP contribution in [0, 0.1) is 12.8 Å². The fourth-order valence-corrected chi connectivity index (χ4v) is 3.28. The van der Waals surface area contributed by atoms with Crippen LogP contribution in [-0.4, -0.2) is 43.6 Å². The minimum Gasteiger partial charge on any atom is -0.396 e. The maximum absolute atomic E-state index is 12.6. The summed E-state index contributed by atoms with van der Waals surface area (Å²) in [6.45, 7) is 1.91. The number of hydrogen-bond donors (Lipinski definition) is 2. The van der Waals surface area contributed by atoms with E-state index in [9.17, 15) is 9.90 Å². The summed E-state index contributed by atoms with van der Waals surface area (Å²) in [5.74, 6) is -0.172. The van der Waals surface area contributed by atoms with E-state index in [4.69, 9.17) is 0 Å². The normalized spacial score (nSPS) is 19.2. The zero-order valence-electron chi connectivity index (χ0n) is 14.3. The van der Waals surface area contributed by atoms with Gasteiger partial charge in [-0.3, -0.25) is 9.78 Å². The molecular weight excluding hydrogens is 330 g/mol. The Balaban J connectivity index is 1.62. The molecule has 2 aromatic heterocycles. The molecule has 0 fully saturated rings. The minimum atomic E-state index is -0.268. The van der Waals surface area contributed by atoms with Crippen LogP contribution >= 0.6 is 0 Å². The predicted molar refractivity (Wildman–Crippen MR) is 97.0 cm³/mol. The molecule has 26 heavy (non-hydrogen) atoms. The number of carbonyl (C=O) groups is 1. The van der Waals surface area contributed by atoms with Crippen molar-refractivity contribution in [2.75, 3.05) is 6.61 Å². The van der Waals surface area contributed by atoms with E-state index in [0.29, 0.717) is 17.8 Å². The van der Waals surface area contributed by atoms with E-state index in [1.807, 2.05) is 49.4 Å². The Bertz CT molecular complexity index is 989. The van der Waals surface area contributed by atoms with Crippen molar-refractivity contribution in [3.05, 3.63) is 60.1 Å². The van der Waals surface area contributed by atoms with E-state index in [0.717, 1.165) is 16.6 Å². The molecule has 0 bridgehead atoms. The fourth-order valence-electron chi connectivity index (χ4n) is 3.28. The van der Waals surface area contributed by atoms with Gasteiger partial charge in [0.15, 0.2) is 5.69 Å². The molecule has 7 heteroatoms. The van der Waals surface area contributed by atoms with E-state index in [2.05, 4.69) is 20.6 Å². The first-order valence-electron chi connectivity index (χ1n) is 8.54. The standard InChI is InChI=1S/C19H19N5O2/c1-12-17(19(26)21-15-8-7-13(10-15)11-25)22-23-24(12)16-6-2-4-14-5-3-9-20-18(14)16/h2-9,13,15,25H,10-11H2,1H3,(H,21,26)/t13-,15+/m0/s1. The Hall–Kier alpha value is -3.06. The summed E-state index contributed by atoms with van der Waals surface area (Å²) in [7, 11) is 0. The number of hydrogen-bond acceptors (Lipinski definition) is 5. The molecule has 2 atom stereocenters. The van der Waals surface area contributed by atoms with Crippen LogP contribution in [0.5, 0.6) is 0 Å². The monoisotopic (exact) mass is 349 g/mol. The van der Waals surface area contributed by atoms with E-state index < -0.39 is 0 Å². The van der Waals surface area contributed by atoms with Gasteiger partial charge in [0.1, 0.15) is 0 Å². The average molecular weight is 349 g/mol. The fraction of sp³-hybridized carbons (Fsp3) is 0.263. The van der Waals surface area contributed by atoms with Crippen molar-refractivity contribution in [3.8, 4) is 5.69 Å². The minimum absolute atomic E-state index is 0.0894. The Morgan fingerprint density at radius 3 is 2.96 bits per heavy atom. The van der Waals surface area contributed by atoms with Gasteiger partial charge < -0.3 is 10.4 Å². The van der Waals surface area contributed by atoms with E-state index >= 15 is 0 Å². The van der Waals surface area contributed by atoms with E-state index in [1.54, 1.807) is 10.9 Å². The molecule has 7 nitrogen and oxygen atoms in total. The van der Waals surface area contributed by atoms with Crippen molar-refractivity contribution in [2.45, 2.75) is 19.4 Å². The smallest absolute Gasteiger partial charge is 0.274 e. The van der Waals surface area contributed by atoms with Gasteiger partial charge in [0.25, 0.3) is 5.91 Å². The van der Waals surface area contributed by atoms with Crippen molar-refractivity contribution >= 4 is 16.8 Å². The SMILES string of the molecule is Cc1c(C(=O)N[C@@H]2C=C[C@H](CO)C2)nnn1-c1cccc2cccnc12. The highest BCUT2D eigenvalue weighted by Gasteiger charge is 2.24. The molecule has 2 heterocycles. The van der Waals surface area contributed by atoms with E-state index in [-0.39, 0.29) is 24.5 Å². The lowest BCUT2D eigenvalue weighted by atomic mass is 10.1. The van der Waals surface area contributed by atoms with Gasteiger partial charge in [-0.2, -0.15) is 0 Å². The van der Waals surface area contributed by atoms with Crippen LogP contribution in [0.1, 0.15) is 22.6 Å². The molecule has 1 aliphatic carbocycles. The maximum atomic E-state index is 12.6. The second-order valence-electron chi connectivity index (χ2n) is 6.43. The van der Waals surface area contributed by atoms with Crippen LogP contribution in [0.15, 0.2) is 48.7 Å². The second kappa shape index (κ2) is 6.68. The molecule has 0 unspecified atom stereocenters. The molecule has 1 amide bonds. The number of aliphatic hydroxyl groups is 1. The number of nitrogens with zero attached hydrogens (tertiary/aromatic N) is 4. The van der Waals surface area contributed by atoms with Gasteiger partial charge in [0, 0.05) is 30.1 Å². The Kier molecular flexibility index (Phi) is 4.22. The predicted octanol–water partition coefficient (Wildman–Crippen LogP) is 1.79. The molecular formula is C19H19N5O2. The number of nitrogens with one attached hydrogen (secondary N) is 1. The summed E-state index contributed by atoms with van der Waals surface area (Å²) >= 11 is 0. The van der Waals surface area contributed by atoms with Crippen LogP contribution in [-0.2, 0) is 0 Å². The van der Waals surface area contributed by atoms with Gasteiger partial charge >= 0.3 is 0 Å². The summed E-state index contributed by atoms with van der Waals surface area (Å²) in [6.07, 6.45) is 6.27. The van der Waals surface area contributed by atoms with Crippen molar-refractivity contribution < 1.29 is 9.90 Å². The highest BCUT2D eigenvalue weighted by Crippen LogP contribution is 2.22. The summed E-state index contributed by atoms with van der Waals surface area (Å²) < 4.78 is 1.64. The van der Waals surface area contributed by atoms with Gasteiger partial charge in [-0.15, -0.1) is 5.10 Å². The average Bonchev–Trinajstić information content (AvgIpc) is 3.27. The third kappa shape index (κ3) is 2.86. The Morgan fingerprint density at radius 2 is 2.15 bits per heavy atom. The molecule has 3 aromatic rings. The van der Waals surface area contributed by atoms with Gasteiger partial charge in [0.05, 0.1) is 16.9 Å². The summed E-state index contributed by atoms with van der Waals surface area (Å²) in [4.78, 5) is 17.0. The number of pyridine rings is 1. The lowest BCUT2D eigenvalue weighted by Gasteiger charge is -2.12. The lowest BCUT2D eigenvalue weighted by Crippen LogP contribution is -2.33. The molecule has 132 valence electrons. The number of fused-ring (bicyclic) bond motifs is 1. The van der Waals surface area contributed by atoms with Crippen LogP contribution in [0.3, 0.4) is 0 Å². The van der Waals surface area contributed by atoms with Crippen LogP contribution in [0.2, 0.25) is 0 Å². The molecule has 1 aliphatic rings. The molecule has 0 saturated carbocycles. The number of rotatable bonds is 4. The zero-order valence-corrected chi connectivity index (χ0v) is 14.3. The van der Waals surface area contributed by atoms with Crippen LogP contribution in [0.25, 0.3) is 16.6 Å².